The molecular weight excluding hydrogens is 208 g/mol. The Morgan fingerprint density at radius 2 is 1.25 bits per heavy atom. The monoisotopic (exact) mass is 232 g/mol. The second-order valence-electron chi connectivity index (χ2n) is 3.43. The third kappa shape index (κ3) is 13.6. The Morgan fingerprint density at radius 3 is 1.69 bits per heavy atom. The average Bonchev–Trinajstić information content (AvgIpc) is 2.25. The molecule has 0 aromatic carbocycles. The number of hydrogen-bond acceptors (Lipinski definition) is 4. The summed E-state index contributed by atoms with van der Waals surface area (Å²) in [5.74, 6) is 0. The number of hydrogen-bond donors (Lipinski definition) is 0. The molecule has 0 radical (unpaired) electrons. The molecule has 0 bridgehead atoms. The van der Waals surface area contributed by atoms with Crippen LogP contribution in [0.15, 0.2) is 12.2 Å². The van der Waals surface area contributed by atoms with Crippen LogP contribution in [0.1, 0.15) is 13.8 Å². The average molecular weight is 232 g/mol. The highest BCUT2D eigenvalue weighted by Crippen LogP contribution is 1.88. The van der Waals surface area contributed by atoms with Gasteiger partial charge in [0.1, 0.15) is 0 Å². The van der Waals surface area contributed by atoms with Crippen LogP contribution in [0.3, 0.4) is 0 Å². The van der Waals surface area contributed by atoms with Gasteiger partial charge in [-0.3, -0.25) is 0 Å². The number of ether oxygens (including phenoxy) is 4. The lowest BCUT2D eigenvalue weighted by Gasteiger charge is -2.06. The van der Waals surface area contributed by atoms with Crippen molar-refractivity contribution < 1.29 is 18.9 Å². The predicted octanol–water partition coefficient (Wildman–Crippen LogP) is 1.65. The Kier molecular flexibility index (Phi) is 12.3. The lowest BCUT2D eigenvalue weighted by molar-refractivity contribution is 0.00187. The fourth-order valence-corrected chi connectivity index (χ4v) is 0.948. The lowest BCUT2D eigenvalue weighted by Crippen LogP contribution is -2.12. The summed E-state index contributed by atoms with van der Waals surface area (Å²) in [6.07, 6.45) is 0. The van der Waals surface area contributed by atoms with Crippen LogP contribution in [0.2, 0.25) is 0 Å². The zero-order chi connectivity index (χ0) is 12.1. The summed E-state index contributed by atoms with van der Waals surface area (Å²) >= 11 is 0. The van der Waals surface area contributed by atoms with E-state index in [4.69, 9.17) is 18.9 Å². The van der Waals surface area contributed by atoms with Gasteiger partial charge >= 0.3 is 0 Å². The smallest absolute Gasteiger partial charge is 0.0704 e. The maximum absolute atomic E-state index is 5.30. The minimum absolute atomic E-state index is 0.599. The van der Waals surface area contributed by atoms with E-state index in [-0.39, 0.29) is 0 Å². The summed E-state index contributed by atoms with van der Waals surface area (Å²) in [4.78, 5) is 0. The van der Waals surface area contributed by atoms with Crippen LogP contribution < -0.4 is 0 Å². The molecule has 0 amide bonds. The topological polar surface area (TPSA) is 36.9 Å². The van der Waals surface area contributed by atoms with Gasteiger partial charge in [-0.15, -0.1) is 0 Å². The molecule has 0 fully saturated rings. The summed E-state index contributed by atoms with van der Waals surface area (Å²) < 4.78 is 21.0. The van der Waals surface area contributed by atoms with Crippen LogP contribution in [0.5, 0.6) is 0 Å². The highest BCUT2D eigenvalue weighted by molar-refractivity contribution is 4.87. The normalized spacial score (nSPS) is 10.6. The van der Waals surface area contributed by atoms with Gasteiger partial charge in [0.2, 0.25) is 0 Å². The molecule has 96 valence electrons. The summed E-state index contributed by atoms with van der Waals surface area (Å²) in [5, 5.41) is 0. The molecule has 4 nitrogen and oxygen atoms in total. The maximum atomic E-state index is 5.30. The molecule has 0 saturated carbocycles. The van der Waals surface area contributed by atoms with Gasteiger partial charge in [-0.1, -0.05) is 12.2 Å². The fraction of sp³-hybridized carbons (Fsp3) is 0.833. The van der Waals surface area contributed by atoms with Gasteiger partial charge in [0.25, 0.3) is 0 Å². The summed E-state index contributed by atoms with van der Waals surface area (Å²) in [7, 11) is 0. The fourth-order valence-electron chi connectivity index (χ4n) is 0.948. The van der Waals surface area contributed by atoms with Crippen molar-refractivity contribution in [3.8, 4) is 0 Å². The first-order valence-electron chi connectivity index (χ1n) is 5.72. The molecule has 0 unspecified atom stereocenters. The summed E-state index contributed by atoms with van der Waals surface area (Å²) in [6, 6.07) is 0. The first-order chi connectivity index (χ1) is 7.77. The maximum Gasteiger partial charge on any atom is 0.0704 e. The van der Waals surface area contributed by atoms with Gasteiger partial charge in [-0.05, 0) is 13.8 Å². The second-order valence-corrected chi connectivity index (χ2v) is 3.43. The number of rotatable bonds is 12. The molecule has 16 heavy (non-hydrogen) atoms. The molecule has 0 spiro atoms. The van der Waals surface area contributed by atoms with E-state index >= 15 is 0 Å². The first-order valence-corrected chi connectivity index (χ1v) is 5.72. The van der Waals surface area contributed by atoms with E-state index in [0.717, 1.165) is 12.2 Å². The van der Waals surface area contributed by atoms with Gasteiger partial charge in [0.05, 0.1) is 46.2 Å². The van der Waals surface area contributed by atoms with Gasteiger partial charge in [-0.2, -0.15) is 0 Å². The Hall–Kier alpha value is -0.420. The van der Waals surface area contributed by atoms with Crippen molar-refractivity contribution in [1.82, 2.24) is 0 Å². The Balaban J connectivity index is 2.90. The molecule has 0 aromatic rings. The highest BCUT2D eigenvalue weighted by Gasteiger charge is 1.91. The Labute approximate surface area is 98.5 Å². The Bertz CT molecular complexity index is 159. The highest BCUT2D eigenvalue weighted by atomic mass is 16.6. The van der Waals surface area contributed by atoms with Gasteiger partial charge in [0.15, 0.2) is 0 Å². The molecule has 0 aromatic heterocycles. The van der Waals surface area contributed by atoms with Gasteiger partial charge < -0.3 is 18.9 Å². The largest absolute Gasteiger partial charge is 0.379 e. The van der Waals surface area contributed by atoms with Gasteiger partial charge in [0, 0.05) is 6.61 Å². The molecule has 4 heteroatoms. The zero-order valence-corrected chi connectivity index (χ0v) is 10.5. The third-order valence-electron chi connectivity index (χ3n) is 1.67. The summed E-state index contributed by atoms with van der Waals surface area (Å²) in [5.41, 5.74) is 1.03. The molecule has 0 atom stereocenters. The molecular formula is C12H24O4. The lowest BCUT2D eigenvalue weighted by atomic mass is 10.4. The molecule has 0 aliphatic heterocycles. The van der Waals surface area contributed by atoms with E-state index in [1.807, 2.05) is 13.8 Å². The van der Waals surface area contributed by atoms with E-state index in [9.17, 15) is 0 Å². The van der Waals surface area contributed by atoms with Crippen LogP contribution in [0.25, 0.3) is 0 Å². The van der Waals surface area contributed by atoms with E-state index in [1.165, 1.54) is 0 Å². The molecule has 0 saturated heterocycles. The zero-order valence-electron chi connectivity index (χ0n) is 10.5. The van der Waals surface area contributed by atoms with Crippen molar-refractivity contribution in [2.24, 2.45) is 0 Å². The van der Waals surface area contributed by atoms with Crippen molar-refractivity contribution in [2.45, 2.75) is 13.8 Å². The summed E-state index contributed by atoms with van der Waals surface area (Å²) in [6.45, 7) is 12.7. The molecule has 0 N–H and O–H groups in total. The van der Waals surface area contributed by atoms with Crippen LogP contribution in [-0.2, 0) is 18.9 Å². The SMILES string of the molecule is C=C(C)COCCOCCOCCOCC. The standard InChI is InChI=1S/C12H24O4/c1-4-13-5-6-14-7-8-15-9-10-16-11-12(2)3/h2,4-11H2,1,3H3. The quantitative estimate of drug-likeness (QED) is 0.379. The van der Waals surface area contributed by atoms with E-state index in [0.29, 0.717) is 46.2 Å². The van der Waals surface area contributed by atoms with Crippen molar-refractivity contribution in [2.75, 3.05) is 52.9 Å². The molecule has 0 aliphatic carbocycles. The van der Waals surface area contributed by atoms with E-state index < -0.39 is 0 Å². The van der Waals surface area contributed by atoms with Crippen molar-refractivity contribution in [3.05, 3.63) is 12.2 Å². The van der Waals surface area contributed by atoms with E-state index in [1.54, 1.807) is 0 Å². The minimum atomic E-state index is 0.599. The molecule has 0 aliphatic rings. The van der Waals surface area contributed by atoms with Gasteiger partial charge in [-0.25, -0.2) is 0 Å². The van der Waals surface area contributed by atoms with Crippen molar-refractivity contribution >= 4 is 0 Å². The molecule has 0 rings (SSSR count). The minimum Gasteiger partial charge on any atom is -0.379 e. The molecule has 0 heterocycles. The van der Waals surface area contributed by atoms with Crippen molar-refractivity contribution in [3.63, 3.8) is 0 Å². The van der Waals surface area contributed by atoms with Crippen LogP contribution in [0.4, 0.5) is 0 Å². The first kappa shape index (κ1) is 15.6. The van der Waals surface area contributed by atoms with Crippen LogP contribution in [0, 0.1) is 0 Å². The van der Waals surface area contributed by atoms with Crippen LogP contribution in [-0.4, -0.2) is 52.9 Å². The predicted molar refractivity (Wildman–Crippen MR) is 63.8 cm³/mol. The third-order valence-corrected chi connectivity index (χ3v) is 1.67. The van der Waals surface area contributed by atoms with Crippen LogP contribution >= 0.6 is 0 Å². The van der Waals surface area contributed by atoms with Crippen molar-refractivity contribution in [1.29, 1.82) is 0 Å². The Morgan fingerprint density at radius 1 is 0.812 bits per heavy atom. The van der Waals surface area contributed by atoms with E-state index in [2.05, 4.69) is 6.58 Å². The second kappa shape index (κ2) is 12.6.